The van der Waals surface area contributed by atoms with E-state index in [1.165, 1.54) is 65.3 Å². The zero-order chi connectivity index (χ0) is 33.0. The Labute approximate surface area is 290 Å². The molecule has 0 aliphatic carbocycles. The third-order valence-electron chi connectivity index (χ3n) is 10.2. The summed E-state index contributed by atoms with van der Waals surface area (Å²) in [6.45, 7) is 0. The molecular weight excluding hydrogens is 605 g/mol. The molecule has 234 valence electrons. The van der Waals surface area contributed by atoms with Crippen molar-refractivity contribution in [2.24, 2.45) is 0 Å². The molecule has 0 spiro atoms. The lowest BCUT2D eigenvalue weighted by Crippen LogP contribution is -2.11. The maximum absolute atomic E-state index is 2.47. The summed E-state index contributed by atoms with van der Waals surface area (Å²) in [6.07, 6.45) is 0. The first-order valence-electron chi connectivity index (χ1n) is 17.2. The van der Waals surface area contributed by atoms with E-state index in [0.717, 1.165) is 22.7 Å². The fraction of sp³-hybridized carbons (Fsp3) is 0. The molecule has 0 aliphatic heterocycles. The molecule has 9 aromatic carbocycles. The summed E-state index contributed by atoms with van der Waals surface area (Å²) < 4.78 is 2.40. The Morgan fingerprint density at radius 2 is 0.880 bits per heavy atom. The van der Waals surface area contributed by atoms with Crippen molar-refractivity contribution >= 4 is 71.2 Å². The number of fused-ring (bicyclic) bond motifs is 8. The van der Waals surface area contributed by atoms with E-state index in [0.29, 0.717) is 0 Å². The molecule has 0 saturated carbocycles. The normalized spacial score (nSPS) is 11.6. The van der Waals surface area contributed by atoms with Crippen LogP contribution in [0.3, 0.4) is 0 Å². The van der Waals surface area contributed by atoms with Crippen LogP contribution in [0.1, 0.15) is 0 Å². The van der Waals surface area contributed by atoms with Crippen molar-refractivity contribution in [1.82, 2.24) is 4.57 Å². The van der Waals surface area contributed by atoms with Gasteiger partial charge in [0.1, 0.15) is 0 Å². The second-order valence-corrected chi connectivity index (χ2v) is 12.9. The van der Waals surface area contributed by atoms with E-state index in [9.17, 15) is 0 Å². The van der Waals surface area contributed by atoms with Gasteiger partial charge in [-0.1, -0.05) is 146 Å². The van der Waals surface area contributed by atoms with Gasteiger partial charge >= 0.3 is 0 Å². The third kappa shape index (κ3) is 4.43. The summed E-state index contributed by atoms with van der Waals surface area (Å²) >= 11 is 0. The van der Waals surface area contributed by atoms with Gasteiger partial charge in [-0.2, -0.15) is 0 Å². The van der Waals surface area contributed by atoms with Crippen LogP contribution in [0.2, 0.25) is 0 Å². The summed E-state index contributed by atoms with van der Waals surface area (Å²) in [5.74, 6) is 0. The molecule has 2 nitrogen and oxygen atoms in total. The minimum absolute atomic E-state index is 1.11. The molecule has 10 aromatic rings. The van der Waals surface area contributed by atoms with E-state index in [4.69, 9.17) is 0 Å². The van der Waals surface area contributed by atoms with Crippen molar-refractivity contribution in [3.05, 3.63) is 194 Å². The van der Waals surface area contributed by atoms with E-state index in [1.807, 2.05) is 0 Å². The summed E-state index contributed by atoms with van der Waals surface area (Å²) in [4.78, 5) is 2.47. The monoisotopic (exact) mass is 636 g/mol. The van der Waals surface area contributed by atoms with Crippen molar-refractivity contribution in [2.45, 2.75) is 0 Å². The summed E-state index contributed by atoms with van der Waals surface area (Å²) in [7, 11) is 0. The van der Waals surface area contributed by atoms with Gasteiger partial charge in [0.05, 0.1) is 22.4 Å². The topological polar surface area (TPSA) is 8.17 Å². The lowest BCUT2D eigenvalue weighted by Gasteiger charge is -2.28. The smallest absolute Gasteiger partial charge is 0.0562 e. The molecule has 0 fully saturated rings. The van der Waals surface area contributed by atoms with Crippen LogP contribution >= 0.6 is 0 Å². The van der Waals surface area contributed by atoms with Crippen molar-refractivity contribution in [3.8, 4) is 16.8 Å². The molecule has 0 atom stereocenters. The average Bonchev–Trinajstić information content (AvgIpc) is 3.54. The highest BCUT2D eigenvalue weighted by molar-refractivity contribution is 6.21. The molecule has 0 radical (unpaired) electrons. The van der Waals surface area contributed by atoms with Gasteiger partial charge in [0.2, 0.25) is 0 Å². The Morgan fingerprint density at radius 1 is 0.320 bits per heavy atom. The first kappa shape index (κ1) is 28.4. The molecular formula is C48H32N2. The molecule has 10 rings (SSSR count). The number of rotatable bonds is 5. The number of para-hydroxylation sites is 2. The highest BCUT2D eigenvalue weighted by Gasteiger charge is 2.22. The SMILES string of the molecule is c1ccc(-c2ccc(N(c3cccc4c3ccc3c5ccccc5ccc43)c3cccc4c3c3ccccc3n4-c3ccccc3)cc2)cc1. The quantitative estimate of drug-likeness (QED) is 0.171. The molecule has 0 saturated heterocycles. The van der Waals surface area contributed by atoms with Crippen molar-refractivity contribution in [1.29, 1.82) is 0 Å². The third-order valence-corrected chi connectivity index (χ3v) is 10.2. The fourth-order valence-corrected chi connectivity index (χ4v) is 7.92. The van der Waals surface area contributed by atoms with Crippen LogP contribution in [0, 0.1) is 0 Å². The fourth-order valence-electron chi connectivity index (χ4n) is 7.92. The Bertz CT molecular complexity index is 2850. The highest BCUT2D eigenvalue weighted by atomic mass is 15.1. The molecule has 1 heterocycles. The highest BCUT2D eigenvalue weighted by Crippen LogP contribution is 2.46. The Balaban J connectivity index is 1.27. The van der Waals surface area contributed by atoms with Crippen molar-refractivity contribution in [3.63, 3.8) is 0 Å². The maximum atomic E-state index is 2.47. The number of nitrogens with zero attached hydrogens (tertiary/aromatic N) is 2. The first-order valence-corrected chi connectivity index (χ1v) is 17.2. The van der Waals surface area contributed by atoms with Gasteiger partial charge in [-0.05, 0) is 86.6 Å². The second kappa shape index (κ2) is 11.5. The van der Waals surface area contributed by atoms with Crippen molar-refractivity contribution < 1.29 is 0 Å². The Morgan fingerprint density at radius 3 is 1.72 bits per heavy atom. The van der Waals surface area contributed by atoms with E-state index in [-0.39, 0.29) is 0 Å². The predicted octanol–water partition coefficient (Wildman–Crippen LogP) is 13.4. The van der Waals surface area contributed by atoms with Gasteiger partial charge in [-0.15, -0.1) is 0 Å². The predicted molar refractivity (Wildman–Crippen MR) is 213 cm³/mol. The molecule has 1 aromatic heterocycles. The van der Waals surface area contributed by atoms with Crippen LogP contribution in [0.25, 0.3) is 70.9 Å². The van der Waals surface area contributed by atoms with Crippen LogP contribution in [-0.2, 0) is 0 Å². The van der Waals surface area contributed by atoms with Crippen molar-refractivity contribution in [2.75, 3.05) is 4.90 Å². The molecule has 0 unspecified atom stereocenters. The lowest BCUT2D eigenvalue weighted by molar-refractivity contribution is 1.18. The standard InChI is InChI=1S/C48H32N2/c1-3-13-33(14-4-1)34-25-28-37(29-26-34)50(44-22-11-20-39-41-30-27-35-15-7-8-18-38(35)40(41)31-32-42(39)44)47-24-12-23-46-48(47)43-19-9-10-21-45(43)49(46)36-16-5-2-6-17-36/h1-32H. The first-order chi connectivity index (χ1) is 24.8. The van der Waals surface area contributed by atoms with Crippen LogP contribution < -0.4 is 4.90 Å². The summed E-state index contributed by atoms with van der Waals surface area (Å²) in [6, 6.07) is 70.5. The lowest BCUT2D eigenvalue weighted by atomic mass is 9.95. The molecule has 50 heavy (non-hydrogen) atoms. The Kier molecular flexibility index (Phi) is 6.53. The molecule has 0 amide bonds. The number of benzene rings is 9. The maximum Gasteiger partial charge on any atom is 0.0562 e. The van der Waals surface area contributed by atoms with Gasteiger partial charge in [0.25, 0.3) is 0 Å². The molecule has 2 heteroatoms. The van der Waals surface area contributed by atoms with E-state index < -0.39 is 0 Å². The zero-order valence-electron chi connectivity index (χ0n) is 27.4. The van der Waals surface area contributed by atoms with E-state index >= 15 is 0 Å². The summed E-state index contributed by atoms with van der Waals surface area (Å²) in [5, 5.41) is 10.00. The second-order valence-electron chi connectivity index (χ2n) is 12.9. The number of hydrogen-bond donors (Lipinski definition) is 0. The van der Waals surface area contributed by atoms with Crippen LogP contribution in [0.15, 0.2) is 194 Å². The van der Waals surface area contributed by atoms with Crippen LogP contribution in [-0.4, -0.2) is 4.57 Å². The average molecular weight is 637 g/mol. The Hall–Kier alpha value is -6.64. The summed E-state index contributed by atoms with van der Waals surface area (Å²) in [5.41, 5.74) is 9.33. The number of aromatic nitrogens is 1. The molecule has 0 N–H and O–H groups in total. The van der Waals surface area contributed by atoms with Crippen LogP contribution in [0.4, 0.5) is 17.1 Å². The molecule has 0 aliphatic rings. The zero-order valence-corrected chi connectivity index (χ0v) is 27.4. The minimum Gasteiger partial charge on any atom is -0.309 e. The largest absolute Gasteiger partial charge is 0.309 e. The van der Waals surface area contributed by atoms with Crippen LogP contribution in [0.5, 0.6) is 0 Å². The van der Waals surface area contributed by atoms with Gasteiger partial charge in [0.15, 0.2) is 0 Å². The van der Waals surface area contributed by atoms with Gasteiger partial charge in [-0.3, -0.25) is 0 Å². The minimum atomic E-state index is 1.11. The van der Waals surface area contributed by atoms with Gasteiger partial charge in [-0.25, -0.2) is 0 Å². The molecule has 0 bridgehead atoms. The van der Waals surface area contributed by atoms with E-state index in [1.54, 1.807) is 0 Å². The number of hydrogen-bond acceptors (Lipinski definition) is 1. The van der Waals surface area contributed by atoms with Gasteiger partial charge < -0.3 is 9.47 Å². The van der Waals surface area contributed by atoms with Gasteiger partial charge in [0, 0.05) is 27.5 Å². The van der Waals surface area contributed by atoms with E-state index in [2.05, 4.69) is 204 Å². The number of anilines is 3.